The molecule has 0 radical (unpaired) electrons. The first kappa shape index (κ1) is 20.0. The Morgan fingerprint density at radius 1 is 1.23 bits per heavy atom. The van der Waals surface area contributed by atoms with E-state index in [2.05, 4.69) is 15.5 Å². The quantitative estimate of drug-likeness (QED) is 0.415. The van der Waals surface area contributed by atoms with Crippen LogP contribution in [0.25, 0.3) is 0 Å². The summed E-state index contributed by atoms with van der Waals surface area (Å²) < 4.78 is 37.9. The van der Waals surface area contributed by atoms with Gasteiger partial charge in [-0.2, -0.15) is 13.2 Å². The van der Waals surface area contributed by atoms with Gasteiger partial charge in [-0.1, -0.05) is 0 Å². The Bertz CT molecular complexity index is 646. The molecule has 0 spiro atoms. The van der Waals surface area contributed by atoms with Gasteiger partial charge in [0.05, 0.1) is 17.0 Å². The maximum atomic E-state index is 12.6. The third-order valence-corrected chi connectivity index (χ3v) is 4.08. The second-order valence-corrected chi connectivity index (χ2v) is 6.10. The van der Waals surface area contributed by atoms with Crippen LogP contribution in [0.15, 0.2) is 18.2 Å². The van der Waals surface area contributed by atoms with Crippen LogP contribution in [0.3, 0.4) is 0 Å². The average Bonchev–Trinajstić information content (AvgIpc) is 3.06. The van der Waals surface area contributed by atoms with Crippen molar-refractivity contribution >= 4 is 17.3 Å². The lowest BCUT2D eigenvalue weighted by molar-refractivity contribution is -0.384. The van der Waals surface area contributed by atoms with Crippen LogP contribution in [-0.4, -0.2) is 48.5 Å². The van der Waals surface area contributed by atoms with Crippen molar-refractivity contribution in [3.63, 3.8) is 0 Å². The van der Waals surface area contributed by atoms with Crippen LogP contribution < -0.4 is 10.6 Å². The van der Waals surface area contributed by atoms with Gasteiger partial charge in [0.15, 0.2) is 0 Å². The zero-order valence-electron chi connectivity index (χ0n) is 14.1. The normalized spacial score (nSPS) is 15.0. The Kier molecular flexibility index (Phi) is 6.78. The fourth-order valence-electron chi connectivity index (χ4n) is 2.75. The summed E-state index contributed by atoms with van der Waals surface area (Å²) >= 11 is 0. The molecule has 0 saturated carbocycles. The first-order valence-corrected chi connectivity index (χ1v) is 8.36. The molecule has 1 aromatic rings. The van der Waals surface area contributed by atoms with Crippen molar-refractivity contribution in [1.29, 1.82) is 0 Å². The number of alkyl halides is 3. The van der Waals surface area contributed by atoms with Gasteiger partial charge in [-0.15, -0.1) is 0 Å². The molecular formula is C16H21F3N4O3. The molecule has 0 atom stereocenters. The average molecular weight is 374 g/mol. The molecule has 10 heteroatoms. The number of nitrogens with one attached hydrogen (secondary N) is 2. The van der Waals surface area contributed by atoms with E-state index in [1.54, 1.807) is 0 Å². The molecule has 1 amide bonds. The van der Waals surface area contributed by atoms with E-state index in [1.165, 1.54) is 0 Å². The van der Waals surface area contributed by atoms with Crippen LogP contribution in [-0.2, 0) is 11.0 Å². The summed E-state index contributed by atoms with van der Waals surface area (Å²) in [7, 11) is 0. The fraction of sp³-hybridized carbons (Fsp3) is 0.562. The van der Waals surface area contributed by atoms with Gasteiger partial charge in [-0.3, -0.25) is 19.8 Å². The second-order valence-electron chi connectivity index (χ2n) is 6.10. The molecule has 2 rings (SSSR count). The number of carbonyl (C=O) groups is 1. The molecule has 1 aliphatic rings. The number of halogens is 3. The number of likely N-dealkylation sites (tertiary alicyclic amines) is 1. The number of nitrogens with zero attached hydrogens (tertiary/aromatic N) is 2. The van der Waals surface area contributed by atoms with Crippen molar-refractivity contribution in [2.75, 3.05) is 38.0 Å². The van der Waals surface area contributed by atoms with Crippen molar-refractivity contribution in [3.05, 3.63) is 33.9 Å². The van der Waals surface area contributed by atoms with Gasteiger partial charge >= 0.3 is 6.18 Å². The summed E-state index contributed by atoms with van der Waals surface area (Å²) in [6.45, 7) is 2.88. The topological polar surface area (TPSA) is 87.5 Å². The molecule has 0 aliphatic carbocycles. The number of carbonyl (C=O) groups excluding carboxylic acids is 1. The van der Waals surface area contributed by atoms with Crippen molar-refractivity contribution in [2.24, 2.45) is 0 Å². The predicted molar refractivity (Wildman–Crippen MR) is 89.9 cm³/mol. The molecule has 0 aromatic heterocycles. The van der Waals surface area contributed by atoms with Crippen molar-refractivity contribution < 1.29 is 22.9 Å². The van der Waals surface area contributed by atoms with Gasteiger partial charge in [0, 0.05) is 19.2 Å². The monoisotopic (exact) mass is 374 g/mol. The Labute approximate surface area is 148 Å². The Morgan fingerprint density at radius 2 is 1.92 bits per heavy atom. The number of hydrogen-bond donors (Lipinski definition) is 2. The number of anilines is 1. The first-order valence-electron chi connectivity index (χ1n) is 8.36. The van der Waals surface area contributed by atoms with Gasteiger partial charge in [0.25, 0.3) is 5.69 Å². The molecule has 1 aromatic carbocycles. The van der Waals surface area contributed by atoms with Crippen LogP contribution >= 0.6 is 0 Å². The number of amides is 1. The third kappa shape index (κ3) is 5.87. The van der Waals surface area contributed by atoms with E-state index in [4.69, 9.17) is 0 Å². The lowest BCUT2D eigenvalue weighted by Gasteiger charge is -2.14. The molecule has 1 fully saturated rings. The van der Waals surface area contributed by atoms with E-state index in [-0.39, 0.29) is 18.1 Å². The molecule has 0 bridgehead atoms. The van der Waals surface area contributed by atoms with Crippen molar-refractivity contribution in [3.8, 4) is 0 Å². The Hall–Kier alpha value is -2.36. The molecule has 0 unspecified atom stereocenters. The van der Waals surface area contributed by atoms with Crippen LogP contribution in [0.4, 0.5) is 24.5 Å². The van der Waals surface area contributed by atoms with Crippen molar-refractivity contribution in [1.82, 2.24) is 10.2 Å². The Balaban J connectivity index is 1.78. The number of hydrogen-bond acceptors (Lipinski definition) is 5. The molecule has 7 nitrogen and oxygen atoms in total. The maximum Gasteiger partial charge on any atom is 0.416 e. The van der Waals surface area contributed by atoms with Gasteiger partial charge in [0.2, 0.25) is 5.91 Å². The molecule has 2 N–H and O–H groups in total. The molecule has 1 aliphatic heterocycles. The summed E-state index contributed by atoms with van der Waals surface area (Å²) in [5, 5.41) is 16.5. The highest BCUT2D eigenvalue weighted by molar-refractivity contribution is 5.78. The highest BCUT2D eigenvalue weighted by atomic mass is 19.4. The van der Waals surface area contributed by atoms with E-state index >= 15 is 0 Å². The van der Waals surface area contributed by atoms with E-state index in [1.807, 2.05) is 0 Å². The summed E-state index contributed by atoms with van der Waals surface area (Å²) in [4.78, 5) is 23.9. The number of nitro groups is 1. The third-order valence-electron chi connectivity index (χ3n) is 4.08. The van der Waals surface area contributed by atoms with Crippen LogP contribution in [0.5, 0.6) is 0 Å². The standard InChI is InChI=1S/C16H21F3N4O3/c17-16(18,19)12-4-5-13(14(10-12)23(25)26)20-6-3-7-21-15(24)11-22-8-1-2-9-22/h4-5,10,20H,1-3,6-9,11H2,(H,21,24). The van der Waals surface area contributed by atoms with Crippen molar-refractivity contribution in [2.45, 2.75) is 25.4 Å². The van der Waals surface area contributed by atoms with Crippen LogP contribution in [0.2, 0.25) is 0 Å². The lowest BCUT2D eigenvalue weighted by atomic mass is 10.1. The SMILES string of the molecule is O=C(CN1CCCC1)NCCCNc1ccc(C(F)(F)F)cc1[N+](=O)[O-]. The zero-order valence-corrected chi connectivity index (χ0v) is 14.1. The number of benzene rings is 1. The summed E-state index contributed by atoms with van der Waals surface area (Å²) in [6.07, 6.45) is -1.95. The lowest BCUT2D eigenvalue weighted by Crippen LogP contribution is -2.36. The van der Waals surface area contributed by atoms with Crippen LogP contribution in [0.1, 0.15) is 24.8 Å². The van der Waals surface area contributed by atoms with Gasteiger partial charge in [0.1, 0.15) is 5.69 Å². The molecular weight excluding hydrogens is 353 g/mol. The summed E-state index contributed by atoms with van der Waals surface area (Å²) in [5.41, 5.74) is -1.67. The Morgan fingerprint density at radius 3 is 2.54 bits per heavy atom. The van der Waals surface area contributed by atoms with E-state index in [0.717, 1.165) is 38.1 Å². The highest BCUT2D eigenvalue weighted by Crippen LogP contribution is 2.34. The second kappa shape index (κ2) is 8.84. The molecule has 26 heavy (non-hydrogen) atoms. The van der Waals surface area contributed by atoms with Gasteiger partial charge < -0.3 is 10.6 Å². The van der Waals surface area contributed by atoms with Crippen LogP contribution in [0, 0.1) is 10.1 Å². The minimum atomic E-state index is -4.64. The predicted octanol–water partition coefficient (Wildman–Crippen LogP) is 2.63. The summed E-state index contributed by atoms with van der Waals surface area (Å²) in [6, 6.07) is 2.36. The van der Waals surface area contributed by atoms with E-state index in [0.29, 0.717) is 25.6 Å². The maximum absolute atomic E-state index is 12.6. The summed E-state index contributed by atoms with van der Waals surface area (Å²) in [5.74, 6) is -0.0765. The minimum Gasteiger partial charge on any atom is -0.379 e. The minimum absolute atomic E-state index is 0.0198. The smallest absolute Gasteiger partial charge is 0.379 e. The van der Waals surface area contributed by atoms with E-state index in [9.17, 15) is 28.1 Å². The van der Waals surface area contributed by atoms with Gasteiger partial charge in [-0.05, 0) is 44.5 Å². The molecule has 1 heterocycles. The zero-order chi connectivity index (χ0) is 19.2. The van der Waals surface area contributed by atoms with E-state index < -0.39 is 22.4 Å². The molecule has 144 valence electrons. The fourth-order valence-corrected chi connectivity index (χ4v) is 2.75. The first-order chi connectivity index (χ1) is 12.3. The highest BCUT2D eigenvalue weighted by Gasteiger charge is 2.32. The molecule has 1 saturated heterocycles. The largest absolute Gasteiger partial charge is 0.416 e. The number of rotatable bonds is 8. The number of nitro benzene ring substituents is 1. The van der Waals surface area contributed by atoms with Gasteiger partial charge in [-0.25, -0.2) is 0 Å².